The number of nitrogens with zero attached hydrogens (tertiary/aromatic N) is 4. The fourth-order valence-electron chi connectivity index (χ4n) is 4.36. The summed E-state index contributed by atoms with van der Waals surface area (Å²) in [6, 6.07) is 4.08. The van der Waals surface area contributed by atoms with E-state index in [-0.39, 0.29) is 0 Å². The lowest BCUT2D eigenvalue weighted by Gasteiger charge is -2.34. The number of aromatic nitrogens is 2. The third-order valence-corrected chi connectivity index (χ3v) is 5.95. The van der Waals surface area contributed by atoms with Crippen molar-refractivity contribution in [2.24, 2.45) is 11.8 Å². The van der Waals surface area contributed by atoms with E-state index in [2.05, 4.69) is 39.7 Å². The van der Waals surface area contributed by atoms with Crippen LogP contribution in [-0.2, 0) is 6.54 Å². The van der Waals surface area contributed by atoms with E-state index in [1.54, 1.807) is 0 Å². The summed E-state index contributed by atoms with van der Waals surface area (Å²) in [4.78, 5) is 13.7. The van der Waals surface area contributed by atoms with E-state index < -0.39 is 0 Å². The quantitative estimate of drug-likeness (QED) is 0.853. The average molecular weight is 340 g/mol. The van der Waals surface area contributed by atoms with Gasteiger partial charge in [0.25, 0.3) is 0 Å². The van der Waals surface area contributed by atoms with Crippen LogP contribution < -0.4 is 4.90 Å². The standard InChI is InChI=1S/C20H28N4O/c1-15-12-19(25-16(15)2)14-23-9-4-18(13-23)17-5-10-24(11-6-17)20-21-7-3-8-22-20/h3,7-8,12,17-18H,4-6,9-11,13-14H2,1-2H3. The van der Waals surface area contributed by atoms with Gasteiger partial charge >= 0.3 is 0 Å². The van der Waals surface area contributed by atoms with Gasteiger partial charge in [0.2, 0.25) is 5.95 Å². The van der Waals surface area contributed by atoms with Crippen molar-refractivity contribution in [3.8, 4) is 0 Å². The molecule has 1 atom stereocenters. The first-order valence-electron chi connectivity index (χ1n) is 9.49. The molecule has 2 fully saturated rings. The van der Waals surface area contributed by atoms with Crippen LogP contribution in [0.1, 0.15) is 36.3 Å². The normalized spacial score (nSPS) is 22.6. The number of rotatable bonds is 4. The van der Waals surface area contributed by atoms with E-state index in [9.17, 15) is 0 Å². The number of furan rings is 1. The van der Waals surface area contributed by atoms with Crippen LogP contribution in [0, 0.1) is 25.7 Å². The topological polar surface area (TPSA) is 45.4 Å². The van der Waals surface area contributed by atoms with E-state index in [4.69, 9.17) is 4.42 Å². The van der Waals surface area contributed by atoms with E-state index in [0.717, 1.165) is 48.9 Å². The molecule has 4 rings (SSSR count). The lowest BCUT2D eigenvalue weighted by Crippen LogP contribution is -2.37. The Balaban J connectivity index is 1.28. The fraction of sp³-hybridized carbons (Fsp3) is 0.600. The fourth-order valence-corrected chi connectivity index (χ4v) is 4.36. The molecular formula is C20H28N4O. The van der Waals surface area contributed by atoms with E-state index in [1.807, 2.05) is 18.5 Å². The van der Waals surface area contributed by atoms with Crippen molar-refractivity contribution < 1.29 is 4.42 Å². The minimum absolute atomic E-state index is 0.830. The Morgan fingerprint density at radius 2 is 1.76 bits per heavy atom. The Morgan fingerprint density at radius 1 is 1.04 bits per heavy atom. The molecule has 2 saturated heterocycles. The van der Waals surface area contributed by atoms with Crippen molar-refractivity contribution >= 4 is 5.95 Å². The van der Waals surface area contributed by atoms with Crippen LogP contribution in [0.3, 0.4) is 0 Å². The molecule has 0 saturated carbocycles. The summed E-state index contributed by atoms with van der Waals surface area (Å²) in [6.07, 6.45) is 7.51. The summed E-state index contributed by atoms with van der Waals surface area (Å²) in [5, 5.41) is 0. The van der Waals surface area contributed by atoms with Gasteiger partial charge in [-0.2, -0.15) is 0 Å². The van der Waals surface area contributed by atoms with Gasteiger partial charge in [0.05, 0.1) is 6.54 Å². The Bertz CT molecular complexity index is 671. The van der Waals surface area contributed by atoms with Crippen molar-refractivity contribution in [1.82, 2.24) is 14.9 Å². The molecule has 0 bridgehead atoms. The lowest BCUT2D eigenvalue weighted by molar-refractivity contribution is 0.241. The molecule has 0 spiro atoms. The molecule has 0 aliphatic carbocycles. The van der Waals surface area contributed by atoms with Crippen LogP contribution in [0.15, 0.2) is 28.9 Å². The van der Waals surface area contributed by atoms with Crippen LogP contribution in [0.4, 0.5) is 5.95 Å². The van der Waals surface area contributed by atoms with Crippen LogP contribution >= 0.6 is 0 Å². The van der Waals surface area contributed by atoms with Gasteiger partial charge in [-0.25, -0.2) is 9.97 Å². The first-order chi connectivity index (χ1) is 12.2. The maximum Gasteiger partial charge on any atom is 0.225 e. The highest BCUT2D eigenvalue weighted by atomic mass is 16.3. The number of aryl methyl sites for hydroxylation is 2. The largest absolute Gasteiger partial charge is 0.465 e. The number of anilines is 1. The highest BCUT2D eigenvalue weighted by Crippen LogP contribution is 2.33. The predicted molar refractivity (Wildman–Crippen MR) is 98.5 cm³/mol. The molecule has 25 heavy (non-hydrogen) atoms. The second-order valence-corrected chi connectivity index (χ2v) is 7.61. The van der Waals surface area contributed by atoms with Crippen molar-refractivity contribution in [3.05, 3.63) is 41.6 Å². The summed E-state index contributed by atoms with van der Waals surface area (Å²) in [7, 11) is 0. The maximum absolute atomic E-state index is 5.86. The average Bonchev–Trinajstić information content (AvgIpc) is 3.23. The molecule has 4 heterocycles. The molecule has 1 unspecified atom stereocenters. The van der Waals surface area contributed by atoms with E-state index >= 15 is 0 Å². The van der Waals surface area contributed by atoms with Crippen LogP contribution in [0.25, 0.3) is 0 Å². The monoisotopic (exact) mass is 340 g/mol. The van der Waals surface area contributed by atoms with Crippen LogP contribution in [0.5, 0.6) is 0 Å². The molecule has 5 heteroatoms. The predicted octanol–water partition coefficient (Wildman–Crippen LogP) is 3.42. The summed E-state index contributed by atoms with van der Waals surface area (Å²) >= 11 is 0. The molecule has 134 valence electrons. The first kappa shape index (κ1) is 16.6. The van der Waals surface area contributed by atoms with Crippen molar-refractivity contribution in [2.45, 2.75) is 39.7 Å². The van der Waals surface area contributed by atoms with Gasteiger partial charge in [0.1, 0.15) is 11.5 Å². The highest BCUT2D eigenvalue weighted by Gasteiger charge is 2.32. The number of hydrogen-bond acceptors (Lipinski definition) is 5. The highest BCUT2D eigenvalue weighted by molar-refractivity contribution is 5.28. The summed E-state index contributed by atoms with van der Waals surface area (Å²) in [5.74, 6) is 4.73. The van der Waals surface area contributed by atoms with Gasteiger partial charge < -0.3 is 9.32 Å². The van der Waals surface area contributed by atoms with Crippen LogP contribution in [-0.4, -0.2) is 41.0 Å². The van der Waals surface area contributed by atoms with Crippen molar-refractivity contribution in [2.75, 3.05) is 31.1 Å². The maximum atomic E-state index is 5.86. The van der Waals surface area contributed by atoms with Gasteiger partial charge in [0.15, 0.2) is 0 Å². The lowest BCUT2D eigenvalue weighted by atomic mass is 9.84. The smallest absolute Gasteiger partial charge is 0.225 e. The number of piperidine rings is 1. The molecule has 2 aromatic rings. The second kappa shape index (κ2) is 7.16. The Morgan fingerprint density at radius 3 is 2.44 bits per heavy atom. The minimum Gasteiger partial charge on any atom is -0.465 e. The SMILES string of the molecule is Cc1cc(CN2CCC(C3CCN(c4ncccn4)CC3)C2)oc1C. The Kier molecular flexibility index (Phi) is 4.75. The van der Waals surface area contributed by atoms with Crippen LogP contribution in [0.2, 0.25) is 0 Å². The van der Waals surface area contributed by atoms with Gasteiger partial charge in [-0.15, -0.1) is 0 Å². The third-order valence-electron chi connectivity index (χ3n) is 5.95. The Labute approximate surface area is 150 Å². The first-order valence-corrected chi connectivity index (χ1v) is 9.49. The molecule has 0 amide bonds. The third kappa shape index (κ3) is 3.71. The zero-order valence-corrected chi connectivity index (χ0v) is 15.3. The Hall–Kier alpha value is -1.88. The molecule has 2 aromatic heterocycles. The molecule has 2 aliphatic rings. The zero-order valence-electron chi connectivity index (χ0n) is 15.3. The molecule has 0 aromatic carbocycles. The van der Waals surface area contributed by atoms with Gasteiger partial charge in [0, 0.05) is 32.0 Å². The summed E-state index contributed by atoms with van der Waals surface area (Å²) < 4.78 is 5.86. The minimum atomic E-state index is 0.830. The summed E-state index contributed by atoms with van der Waals surface area (Å²) in [5.41, 5.74) is 1.27. The molecular weight excluding hydrogens is 312 g/mol. The van der Waals surface area contributed by atoms with Gasteiger partial charge in [-0.3, -0.25) is 4.90 Å². The van der Waals surface area contributed by atoms with Crippen molar-refractivity contribution in [1.29, 1.82) is 0 Å². The summed E-state index contributed by atoms with van der Waals surface area (Å²) in [6.45, 7) is 9.72. The molecule has 5 nitrogen and oxygen atoms in total. The number of hydrogen-bond donors (Lipinski definition) is 0. The zero-order chi connectivity index (χ0) is 17.2. The van der Waals surface area contributed by atoms with Crippen molar-refractivity contribution in [3.63, 3.8) is 0 Å². The van der Waals surface area contributed by atoms with Gasteiger partial charge in [-0.1, -0.05) is 0 Å². The molecule has 0 N–H and O–H groups in total. The molecule has 0 radical (unpaired) electrons. The van der Waals surface area contributed by atoms with Gasteiger partial charge in [-0.05, 0) is 69.2 Å². The van der Waals surface area contributed by atoms with E-state index in [0.29, 0.717) is 0 Å². The van der Waals surface area contributed by atoms with E-state index in [1.165, 1.54) is 37.9 Å². The molecule has 2 aliphatic heterocycles. The second-order valence-electron chi connectivity index (χ2n) is 7.61. The number of likely N-dealkylation sites (tertiary alicyclic amines) is 1.